The monoisotopic (exact) mass is 370 g/mol. The van der Waals surface area contributed by atoms with Gasteiger partial charge in [0.1, 0.15) is 6.10 Å². The third-order valence-electron chi connectivity index (χ3n) is 9.78. The summed E-state index contributed by atoms with van der Waals surface area (Å²) in [6.07, 6.45) is 16.0. The van der Waals surface area contributed by atoms with E-state index in [1.54, 1.807) is 0 Å². The molecule has 0 bridgehead atoms. The Morgan fingerprint density at radius 3 is 2.67 bits per heavy atom. The second kappa shape index (κ2) is 6.19. The minimum Gasteiger partial charge on any atom is -0.463 e. The highest BCUT2D eigenvalue weighted by Gasteiger charge is 2.64. The standard InChI is InChI=1S/C24H34O3/c1-15(25)27-18-10-12-23(2)17(14-18)6-8-19-20(23)11-13-24-16(7-9-21(19)24)4-3-5-22(24)26/h3,5,16-21H,4,6-14H2,1-2H3/t16-,17+,18+,19+,20-,21-,23-,24?/m0/s1. The van der Waals surface area contributed by atoms with Crippen LogP contribution >= 0.6 is 0 Å². The van der Waals surface area contributed by atoms with Gasteiger partial charge in [0.05, 0.1) is 0 Å². The van der Waals surface area contributed by atoms with Crippen molar-refractivity contribution in [3.05, 3.63) is 12.2 Å². The Morgan fingerprint density at radius 1 is 1.04 bits per heavy atom. The molecule has 148 valence electrons. The van der Waals surface area contributed by atoms with Gasteiger partial charge in [-0.25, -0.2) is 0 Å². The maximum absolute atomic E-state index is 13.1. The Hall–Kier alpha value is -1.12. The number of esters is 1. The summed E-state index contributed by atoms with van der Waals surface area (Å²) in [5.74, 6) is 3.77. The molecule has 27 heavy (non-hydrogen) atoms. The fourth-order valence-corrected chi connectivity index (χ4v) is 8.68. The van der Waals surface area contributed by atoms with Crippen LogP contribution in [0.3, 0.4) is 0 Å². The van der Waals surface area contributed by atoms with E-state index in [0.29, 0.717) is 29.0 Å². The van der Waals surface area contributed by atoms with Gasteiger partial charge in [-0.05, 0) is 105 Å². The Bertz CT molecular complexity index is 681. The molecule has 0 aromatic heterocycles. The third-order valence-corrected chi connectivity index (χ3v) is 9.78. The molecule has 5 aliphatic rings. The fourth-order valence-electron chi connectivity index (χ4n) is 8.68. The fraction of sp³-hybridized carbons (Fsp3) is 0.833. The second-order valence-corrected chi connectivity index (χ2v) is 10.5. The number of carbonyl (C=O) groups is 2. The van der Waals surface area contributed by atoms with Crippen LogP contribution in [0.25, 0.3) is 0 Å². The molecule has 0 heterocycles. The quantitative estimate of drug-likeness (QED) is 0.604. The smallest absolute Gasteiger partial charge is 0.302 e. The summed E-state index contributed by atoms with van der Waals surface area (Å²) in [6, 6.07) is 0. The van der Waals surface area contributed by atoms with E-state index in [0.717, 1.165) is 37.5 Å². The SMILES string of the molecule is CC(=O)O[C@@H]1CC[C@@]2(C)[C@H](CC[C@H]3[C@@H]4CC[C@@H]5CC=CC(=O)C54CC[C@@H]32)C1. The van der Waals surface area contributed by atoms with E-state index in [2.05, 4.69) is 13.0 Å². The zero-order chi connectivity index (χ0) is 18.8. The maximum atomic E-state index is 13.1. The molecular formula is C24H34O3. The minimum absolute atomic E-state index is 0.00590. The first-order chi connectivity index (χ1) is 12.9. The van der Waals surface area contributed by atoms with Gasteiger partial charge in [-0.2, -0.15) is 0 Å². The van der Waals surface area contributed by atoms with Crippen LogP contribution in [0.1, 0.15) is 78.1 Å². The minimum atomic E-state index is -0.127. The molecule has 0 amide bonds. The van der Waals surface area contributed by atoms with Gasteiger partial charge in [0, 0.05) is 12.3 Å². The van der Waals surface area contributed by atoms with Crippen molar-refractivity contribution < 1.29 is 14.3 Å². The van der Waals surface area contributed by atoms with E-state index < -0.39 is 0 Å². The number of carbonyl (C=O) groups excluding carboxylic acids is 2. The van der Waals surface area contributed by atoms with Crippen LogP contribution < -0.4 is 0 Å². The molecule has 0 saturated heterocycles. The van der Waals surface area contributed by atoms with E-state index in [1.165, 1.54) is 45.4 Å². The first-order valence-electron chi connectivity index (χ1n) is 11.3. The lowest BCUT2D eigenvalue weighted by atomic mass is 9.43. The van der Waals surface area contributed by atoms with Crippen molar-refractivity contribution in [3.63, 3.8) is 0 Å². The van der Waals surface area contributed by atoms with E-state index in [1.807, 2.05) is 6.08 Å². The number of rotatable bonds is 1. The number of fused-ring (bicyclic) bond motifs is 4. The Labute approximate surface area is 163 Å². The first-order valence-corrected chi connectivity index (χ1v) is 11.3. The molecule has 5 rings (SSSR count). The number of ether oxygens (including phenoxy) is 1. The zero-order valence-corrected chi connectivity index (χ0v) is 16.9. The van der Waals surface area contributed by atoms with Gasteiger partial charge in [0.2, 0.25) is 0 Å². The predicted molar refractivity (Wildman–Crippen MR) is 104 cm³/mol. The van der Waals surface area contributed by atoms with Crippen molar-refractivity contribution in [2.24, 2.45) is 40.4 Å². The normalized spacial score (nSPS) is 51.0. The van der Waals surface area contributed by atoms with Gasteiger partial charge < -0.3 is 4.74 Å². The number of ketones is 1. The summed E-state index contributed by atoms with van der Waals surface area (Å²) in [4.78, 5) is 24.5. The maximum Gasteiger partial charge on any atom is 0.302 e. The van der Waals surface area contributed by atoms with E-state index in [-0.39, 0.29) is 17.5 Å². The lowest BCUT2D eigenvalue weighted by Crippen LogP contribution is -2.56. The van der Waals surface area contributed by atoms with Crippen molar-refractivity contribution in [2.75, 3.05) is 0 Å². The van der Waals surface area contributed by atoms with Crippen LogP contribution in [0.5, 0.6) is 0 Å². The molecule has 3 nitrogen and oxygen atoms in total. The van der Waals surface area contributed by atoms with E-state index in [9.17, 15) is 9.59 Å². The van der Waals surface area contributed by atoms with Crippen molar-refractivity contribution in [1.29, 1.82) is 0 Å². The molecule has 0 aromatic carbocycles. The topological polar surface area (TPSA) is 43.4 Å². The van der Waals surface area contributed by atoms with Crippen LogP contribution in [0.4, 0.5) is 0 Å². The summed E-state index contributed by atoms with van der Waals surface area (Å²) in [5, 5.41) is 0. The molecule has 1 spiro atoms. The van der Waals surface area contributed by atoms with Gasteiger partial charge in [-0.3, -0.25) is 9.59 Å². The molecule has 8 atom stereocenters. The number of hydrogen-bond donors (Lipinski definition) is 0. The van der Waals surface area contributed by atoms with Gasteiger partial charge in [-0.15, -0.1) is 0 Å². The second-order valence-electron chi connectivity index (χ2n) is 10.5. The molecule has 0 N–H and O–H groups in total. The van der Waals surface area contributed by atoms with Crippen molar-refractivity contribution in [3.8, 4) is 0 Å². The first kappa shape index (κ1) is 17.9. The van der Waals surface area contributed by atoms with Crippen LogP contribution in [-0.4, -0.2) is 17.9 Å². The highest BCUT2D eigenvalue weighted by atomic mass is 16.5. The molecule has 0 radical (unpaired) electrons. The average Bonchev–Trinajstić information content (AvgIpc) is 3.03. The largest absolute Gasteiger partial charge is 0.463 e. The van der Waals surface area contributed by atoms with Crippen molar-refractivity contribution >= 4 is 11.8 Å². The predicted octanol–water partition coefficient (Wildman–Crippen LogP) is 5.09. The van der Waals surface area contributed by atoms with Crippen LogP contribution in [0.2, 0.25) is 0 Å². The van der Waals surface area contributed by atoms with Gasteiger partial charge in [-0.1, -0.05) is 13.0 Å². The highest BCUT2D eigenvalue weighted by molar-refractivity contribution is 5.96. The Morgan fingerprint density at radius 2 is 1.85 bits per heavy atom. The molecular weight excluding hydrogens is 336 g/mol. The molecule has 4 fully saturated rings. The molecule has 4 saturated carbocycles. The Balaban J connectivity index is 1.40. The molecule has 5 aliphatic carbocycles. The molecule has 0 aromatic rings. The summed E-state index contributed by atoms with van der Waals surface area (Å²) in [5.41, 5.74) is 0.376. The van der Waals surface area contributed by atoms with E-state index >= 15 is 0 Å². The third kappa shape index (κ3) is 2.45. The van der Waals surface area contributed by atoms with Gasteiger partial charge >= 0.3 is 5.97 Å². The van der Waals surface area contributed by atoms with Gasteiger partial charge in [0.25, 0.3) is 0 Å². The molecule has 1 unspecified atom stereocenters. The van der Waals surface area contributed by atoms with Crippen LogP contribution in [-0.2, 0) is 14.3 Å². The summed E-state index contributed by atoms with van der Waals surface area (Å²) < 4.78 is 5.58. The molecule has 3 heteroatoms. The van der Waals surface area contributed by atoms with Crippen LogP contribution in [0.15, 0.2) is 12.2 Å². The van der Waals surface area contributed by atoms with Crippen LogP contribution in [0, 0.1) is 40.4 Å². The summed E-state index contributed by atoms with van der Waals surface area (Å²) >= 11 is 0. The summed E-state index contributed by atoms with van der Waals surface area (Å²) in [6.45, 7) is 4.07. The summed E-state index contributed by atoms with van der Waals surface area (Å²) in [7, 11) is 0. The van der Waals surface area contributed by atoms with Gasteiger partial charge in [0.15, 0.2) is 5.78 Å². The average molecular weight is 371 g/mol. The number of hydrogen-bond acceptors (Lipinski definition) is 3. The van der Waals surface area contributed by atoms with Crippen molar-refractivity contribution in [1.82, 2.24) is 0 Å². The highest BCUT2D eigenvalue weighted by Crippen LogP contribution is 2.68. The lowest BCUT2D eigenvalue weighted by molar-refractivity contribution is -0.163. The number of allylic oxidation sites excluding steroid dienone is 2. The van der Waals surface area contributed by atoms with Crippen molar-refractivity contribution in [2.45, 2.75) is 84.2 Å². The molecule has 0 aliphatic heterocycles. The zero-order valence-electron chi connectivity index (χ0n) is 16.9. The lowest BCUT2D eigenvalue weighted by Gasteiger charge is -2.61. The van der Waals surface area contributed by atoms with E-state index in [4.69, 9.17) is 4.74 Å². The Kier molecular flexibility index (Phi) is 4.11.